The average molecular weight is 394 g/mol. The summed E-state index contributed by atoms with van der Waals surface area (Å²) in [6.45, 7) is -0.274. The van der Waals surface area contributed by atoms with Crippen LogP contribution < -0.4 is 10.1 Å². The van der Waals surface area contributed by atoms with E-state index in [0.29, 0.717) is 11.3 Å². The van der Waals surface area contributed by atoms with Gasteiger partial charge in [-0.1, -0.05) is 11.6 Å². The predicted molar refractivity (Wildman–Crippen MR) is 97.6 cm³/mol. The molecule has 1 amide bonds. The number of nitriles is 1. The Kier molecular flexibility index (Phi) is 6.21. The number of carbonyl (C=O) groups is 1. The maximum atomic E-state index is 12.2. The number of nitrogens with one attached hydrogen (secondary N) is 1. The molecule has 9 heteroatoms. The number of rotatable bonds is 6. The Morgan fingerprint density at radius 3 is 2.46 bits per heavy atom. The summed E-state index contributed by atoms with van der Waals surface area (Å²) >= 11 is 5.96. The first-order valence-electron chi connectivity index (χ1n) is 7.39. The van der Waals surface area contributed by atoms with Crippen molar-refractivity contribution in [1.82, 2.24) is 4.31 Å². The predicted octanol–water partition coefficient (Wildman–Crippen LogP) is 2.48. The van der Waals surface area contributed by atoms with Crippen LogP contribution in [0.2, 0.25) is 5.02 Å². The van der Waals surface area contributed by atoms with Gasteiger partial charge in [-0.2, -0.15) is 5.26 Å². The lowest BCUT2D eigenvalue weighted by atomic mass is 10.2. The summed E-state index contributed by atoms with van der Waals surface area (Å²) in [5.74, 6) is -0.0315. The van der Waals surface area contributed by atoms with Gasteiger partial charge in [0.1, 0.15) is 10.6 Å². The molecule has 0 radical (unpaired) electrons. The second kappa shape index (κ2) is 8.19. The summed E-state index contributed by atoms with van der Waals surface area (Å²) in [5, 5.41) is 11.4. The van der Waals surface area contributed by atoms with Crippen molar-refractivity contribution in [3.05, 3.63) is 53.1 Å². The zero-order valence-corrected chi connectivity index (χ0v) is 15.6. The summed E-state index contributed by atoms with van der Waals surface area (Å²) in [6.07, 6.45) is 0. The quantitative estimate of drug-likeness (QED) is 0.812. The third-order valence-corrected chi connectivity index (χ3v) is 5.62. The monoisotopic (exact) mass is 393 g/mol. The van der Waals surface area contributed by atoms with E-state index in [4.69, 9.17) is 21.6 Å². The minimum Gasteiger partial charge on any atom is -0.484 e. The van der Waals surface area contributed by atoms with Crippen LogP contribution in [0.3, 0.4) is 0 Å². The molecule has 0 aliphatic rings. The molecule has 0 aliphatic carbocycles. The summed E-state index contributed by atoms with van der Waals surface area (Å²) in [6, 6.07) is 12.5. The van der Waals surface area contributed by atoms with E-state index in [1.807, 2.05) is 6.07 Å². The zero-order valence-electron chi connectivity index (χ0n) is 14.1. The van der Waals surface area contributed by atoms with Crippen LogP contribution in [0.4, 0.5) is 5.69 Å². The van der Waals surface area contributed by atoms with Gasteiger partial charge in [0.05, 0.1) is 16.7 Å². The largest absolute Gasteiger partial charge is 0.484 e. The number of benzene rings is 2. The van der Waals surface area contributed by atoms with Gasteiger partial charge < -0.3 is 10.1 Å². The maximum absolute atomic E-state index is 12.2. The van der Waals surface area contributed by atoms with E-state index in [1.54, 1.807) is 24.3 Å². The van der Waals surface area contributed by atoms with Gasteiger partial charge in [0.15, 0.2) is 6.61 Å². The minimum absolute atomic E-state index is 0.0607. The second-order valence-electron chi connectivity index (χ2n) is 5.41. The highest BCUT2D eigenvalue weighted by molar-refractivity contribution is 7.89. The number of anilines is 1. The molecule has 0 saturated carbocycles. The summed E-state index contributed by atoms with van der Waals surface area (Å²) in [4.78, 5) is 11.9. The van der Waals surface area contributed by atoms with E-state index in [1.165, 1.54) is 32.3 Å². The van der Waals surface area contributed by atoms with E-state index >= 15 is 0 Å². The van der Waals surface area contributed by atoms with Crippen LogP contribution in [0.1, 0.15) is 5.56 Å². The molecule has 0 aromatic heterocycles. The van der Waals surface area contributed by atoms with Crippen molar-refractivity contribution in [2.24, 2.45) is 0 Å². The van der Waals surface area contributed by atoms with Crippen LogP contribution in [-0.2, 0) is 14.8 Å². The lowest BCUT2D eigenvalue weighted by Gasteiger charge is -2.14. The van der Waals surface area contributed by atoms with E-state index in [-0.39, 0.29) is 22.2 Å². The number of sulfonamides is 1. The highest BCUT2D eigenvalue weighted by atomic mass is 35.5. The highest BCUT2D eigenvalue weighted by Gasteiger charge is 2.21. The second-order valence-corrected chi connectivity index (χ2v) is 7.93. The van der Waals surface area contributed by atoms with Crippen LogP contribution in [0, 0.1) is 11.3 Å². The molecule has 136 valence electrons. The van der Waals surface area contributed by atoms with Gasteiger partial charge in [-0.15, -0.1) is 0 Å². The van der Waals surface area contributed by atoms with Crippen LogP contribution in [0.5, 0.6) is 5.75 Å². The van der Waals surface area contributed by atoms with Crippen molar-refractivity contribution in [3.63, 3.8) is 0 Å². The Labute approximate surface area is 156 Å². The molecule has 0 spiro atoms. The van der Waals surface area contributed by atoms with Gasteiger partial charge in [0.25, 0.3) is 5.91 Å². The Bertz CT molecular complexity index is 951. The average Bonchev–Trinajstić information content (AvgIpc) is 2.61. The highest BCUT2D eigenvalue weighted by Crippen LogP contribution is 2.26. The molecule has 0 bridgehead atoms. The van der Waals surface area contributed by atoms with Gasteiger partial charge >= 0.3 is 0 Å². The molecule has 7 nitrogen and oxygen atoms in total. The SMILES string of the molecule is CN(C)S(=O)(=O)c1cc(NC(=O)COc2ccc(C#N)cc2)ccc1Cl. The zero-order chi connectivity index (χ0) is 19.3. The topological polar surface area (TPSA) is 99.5 Å². The molecule has 0 saturated heterocycles. The number of ether oxygens (including phenoxy) is 1. The molecular weight excluding hydrogens is 378 g/mol. The van der Waals surface area contributed by atoms with E-state index in [2.05, 4.69) is 5.32 Å². The molecule has 0 unspecified atom stereocenters. The Morgan fingerprint density at radius 1 is 1.23 bits per heavy atom. The molecular formula is C17H16ClN3O4S. The van der Waals surface area contributed by atoms with Crippen molar-refractivity contribution in [3.8, 4) is 11.8 Å². The summed E-state index contributed by atoms with van der Waals surface area (Å²) in [7, 11) is -0.953. The summed E-state index contributed by atoms with van der Waals surface area (Å²) < 4.78 is 30.8. The van der Waals surface area contributed by atoms with Crippen LogP contribution in [-0.4, -0.2) is 39.3 Å². The number of hydrogen-bond acceptors (Lipinski definition) is 5. The molecule has 2 aromatic carbocycles. The standard InChI is InChI=1S/C17H16ClN3O4S/c1-21(2)26(23,24)16-9-13(5-8-15(16)18)20-17(22)11-25-14-6-3-12(10-19)4-7-14/h3-9H,11H2,1-2H3,(H,20,22). The van der Waals surface area contributed by atoms with Crippen LogP contribution >= 0.6 is 11.6 Å². The number of hydrogen-bond donors (Lipinski definition) is 1. The normalized spacial score (nSPS) is 11.0. The van der Waals surface area contributed by atoms with Crippen LogP contribution in [0.15, 0.2) is 47.4 Å². The van der Waals surface area contributed by atoms with Gasteiger partial charge in [-0.05, 0) is 42.5 Å². The molecule has 0 heterocycles. The van der Waals surface area contributed by atoms with E-state index in [0.717, 1.165) is 4.31 Å². The summed E-state index contributed by atoms with van der Waals surface area (Å²) in [5.41, 5.74) is 0.765. The third kappa shape index (κ3) is 4.73. The Hall–Kier alpha value is -2.60. The number of amides is 1. The fraction of sp³-hybridized carbons (Fsp3) is 0.176. The van der Waals surface area contributed by atoms with E-state index in [9.17, 15) is 13.2 Å². The Balaban J connectivity index is 2.06. The lowest BCUT2D eigenvalue weighted by Crippen LogP contribution is -2.23. The number of halogens is 1. The smallest absolute Gasteiger partial charge is 0.262 e. The van der Waals surface area contributed by atoms with Gasteiger partial charge in [-0.25, -0.2) is 12.7 Å². The van der Waals surface area contributed by atoms with Crippen molar-refractivity contribution in [1.29, 1.82) is 5.26 Å². The van der Waals surface area contributed by atoms with Gasteiger partial charge in [-0.3, -0.25) is 4.79 Å². The van der Waals surface area contributed by atoms with Crippen molar-refractivity contribution in [2.45, 2.75) is 4.90 Å². The molecule has 0 fully saturated rings. The van der Waals surface area contributed by atoms with Gasteiger partial charge in [0.2, 0.25) is 10.0 Å². The maximum Gasteiger partial charge on any atom is 0.262 e. The molecule has 2 aromatic rings. The van der Waals surface area contributed by atoms with E-state index < -0.39 is 15.9 Å². The Morgan fingerprint density at radius 2 is 1.88 bits per heavy atom. The first-order valence-corrected chi connectivity index (χ1v) is 9.20. The molecule has 2 rings (SSSR count). The fourth-order valence-corrected chi connectivity index (χ4v) is 3.34. The number of nitrogens with zero attached hydrogens (tertiary/aromatic N) is 2. The molecule has 0 aliphatic heterocycles. The molecule has 26 heavy (non-hydrogen) atoms. The van der Waals surface area contributed by atoms with Crippen molar-refractivity contribution >= 4 is 33.2 Å². The third-order valence-electron chi connectivity index (χ3n) is 3.33. The van der Waals surface area contributed by atoms with Crippen LogP contribution in [0.25, 0.3) is 0 Å². The van der Waals surface area contributed by atoms with Gasteiger partial charge in [0, 0.05) is 19.8 Å². The first-order chi connectivity index (χ1) is 12.2. The molecule has 1 N–H and O–H groups in total. The first kappa shape index (κ1) is 19.7. The molecule has 0 atom stereocenters. The fourth-order valence-electron chi connectivity index (χ4n) is 1.95. The lowest BCUT2D eigenvalue weighted by molar-refractivity contribution is -0.118. The number of carbonyl (C=O) groups excluding carboxylic acids is 1. The van der Waals surface area contributed by atoms with Crippen molar-refractivity contribution < 1.29 is 17.9 Å². The minimum atomic E-state index is -3.74. The van der Waals surface area contributed by atoms with Crippen molar-refractivity contribution in [2.75, 3.05) is 26.0 Å².